The minimum Gasteiger partial charge on any atom is -0.330 e. The molecule has 0 bridgehead atoms. The Morgan fingerprint density at radius 3 is 2.32 bits per heavy atom. The van der Waals surface area contributed by atoms with E-state index >= 15 is 0 Å². The number of carbonyl (C=O) groups is 2. The quantitative estimate of drug-likeness (QED) is 0.834. The molecule has 132 valence electrons. The number of aryl methyl sites for hydroxylation is 1. The fraction of sp³-hybridized carbons (Fsp3) is 0.333. The summed E-state index contributed by atoms with van der Waals surface area (Å²) < 4.78 is 0. The SMILES string of the molecule is CCN(Cc1ccccc1)C(=O)C(=O)Nc1c(C)cccc1C(C)C. The van der Waals surface area contributed by atoms with E-state index < -0.39 is 11.8 Å². The fourth-order valence-corrected chi connectivity index (χ4v) is 2.78. The summed E-state index contributed by atoms with van der Waals surface area (Å²) in [5, 5.41) is 2.83. The summed E-state index contributed by atoms with van der Waals surface area (Å²) in [5.41, 5.74) is 3.74. The van der Waals surface area contributed by atoms with Crippen molar-refractivity contribution in [2.24, 2.45) is 0 Å². The van der Waals surface area contributed by atoms with E-state index in [0.717, 1.165) is 22.4 Å². The molecule has 2 amide bonds. The highest BCUT2D eigenvalue weighted by Crippen LogP contribution is 2.27. The van der Waals surface area contributed by atoms with Gasteiger partial charge in [-0.15, -0.1) is 0 Å². The van der Waals surface area contributed by atoms with Crippen molar-refractivity contribution in [2.75, 3.05) is 11.9 Å². The van der Waals surface area contributed by atoms with E-state index in [1.54, 1.807) is 4.90 Å². The van der Waals surface area contributed by atoms with Gasteiger partial charge in [0.1, 0.15) is 0 Å². The average molecular weight is 338 g/mol. The molecule has 0 saturated heterocycles. The molecule has 0 heterocycles. The van der Waals surface area contributed by atoms with Crippen molar-refractivity contribution >= 4 is 17.5 Å². The van der Waals surface area contributed by atoms with Gasteiger partial charge in [-0.2, -0.15) is 0 Å². The Hall–Kier alpha value is -2.62. The lowest BCUT2D eigenvalue weighted by Gasteiger charge is -2.22. The Balaban J connectivity index is 2.16. The third-order valence-electron chi connectivity index (χ3n) is 4.24. The van der Waals surface area contributed by atoms with E-state index in [1.807, 2.05) is 62.4 Å². The summed E-state index contributed by atoms with van der Waals surface area (Å²) in [6, 6.07) is 15.6. The average Bonchev–Trinajstić information content (AvgIpc) is 2.61. The van der Waals surface area contributed by atoms with Crippen molar-refractivity contribution in [3.05, 3.63) is 65.2 Å². The standard InChI is InChI=1S/C21H26N2O2/c1-5-23(14-17-11-7-6-8-12-17)21(25)20(24)22-19-16(4)10-9-13-18(19)15(2)3/h6-13,15H,5,14H2,1-4H3,(H,22,24). The minimum absolute atomic E-state index is 0.261. The Kier molecular flexibility index (Phi) is 6.34. The summed E-state index contributed by atoms with van der Waals surface area (Å²) in [6.07, 6.45) is 0. The molecule has 0 spiro atoms. The number of nitrogens with one attached hydrogen (secondary N) is 1. The van der Waals surface area contributed by atoms with Crippen molar-refractivity contribution in [2.45, 2.75) is 40.2 Å². The van der Waals surface area contributed by atoms with Gasteiger partial charge in [0.15, 0.2) is 0 Å². The molecule has 2 rings (SSSR count). The van der Waals surface area contributed by atoms with Crippen LogP contribution in [0.15, 0.2) is 48.5 Å². The maximum absolute atomic E-state index is 12.6. The van der Waals surface area contributed by atoms with Gasteiger partial charge < -0.3 is 10.2 Å². The monoisotopic (exact) mass is 338 g/mol. The predicted molar refractivity (Wildman–Crippen MR) is 101 cm³/mol. The first-order valence-corrected chi connectivity index (χ1v) is 8.67. The maximum Gasteiger partial charge on any atom is 0.313 e. The molecule has 0 atom stereocenters. The molecule has 0 fully saturated rings. The molecule has 2 aromatic rings. The van der Waals surface area contributed by atoms with Gasteiger partial charge in [0.25, 0.3) is 0 Å². The molecule has 0 aliphatic heterocycles. The molecule has 0 aromatic heterocycles. The molecule has 2 aromatic carbocycles. The lowest BCUT2D eigenvalue weighted by atomic mass is 9.98. The first kappa shape index (κ1) is 18.7. The Labute approximate surface area is 149 Å². The molecule has 0 aliphatic rings. The van der Waals surface area contributed by atoms with E-state index in [9.17, 15) is 9.59 Å². The maximum atomic E-state index is 12.6. The van der Waals surface area contributed by atoms with Crippen LogP contribution in [0, 0.1) is 6.92 Å². The lowest BCUT2D eigenvalue weighted by Crippen LogP contribution is -2.39. The van der Waals surface area contributed by atoms with Crippen LogP contribution < -0.4 is 5.32 Å². The Morgan fingerprint density at radius 1 is 1.04 bits per heavy atom. The van der Waals surface area contributed by atoms with Crippen LogP contribution in [-0.4, -0.2) is 23.3 Å². The van der Waals surface area contributed by atoms with Crippen molar-refractivity contribution < 1.29 is 9.59 Å². The summed E-state index contributed by atoms with van der Waals surface area (Å²) in [6.45, 7) is 8.86. The predicted octanol–water partition coefficient (Wildman–Crippen LogP) is 4.11. The van der Waals surface area contributed by atoms with Crippen molar-refractivity contribution in [3.8, 4) is 0 Å². The second-order valence-electron chi connectivity index (χ2n) is 6.45. The second kappa shape index (κ2) is 8.47. The van der Waals surface area contributed by atoms with Gasteiger partial charge in [0.05, 0.1) is 0 Å². The van der Waals surface area contributed by atoms with Crippen LogP contribution in [0.1, 0.15) is 43.4 Å². The van der Waals surface area contributed by atoms with Gasteiger partial charge in [-0.3, -0.25) is 9.59 Å². The van der Waals surface area contributed by atoms with Crippen molar-refractivity contribution in [3.63, 3.8) is 0 Å². The first-order chi connectivity index (χ1) is 11.9. The van der Waals surface area contributed by atoms with E-state index in [2.05, 4.69) is 19.2 Å². The fourth-order valence-electron chi connectivity index (χ4n) is 2.78. The summed E-state index contributed by atoms with van der Waals surface area (Å²) in [7, 11) is 0. The van der Waals surface area contributed by atoms with Crippen LogP contribution in [0.5, 0.6) is 0 Å². The second-order valence-corrected chi connectivity index (χ2v) is 6.45. The van der Waals surface area contributed by atoms with Gasteiger partial charge in [0.2, 0.25) is 0 Å². The first-order valence-electron chi connectivity index (χ1n) is 8.67. The number of amides is 2. The molecule has 0 aliphatic carbocycles. The molecule has 0 unspecified atom stereocenters. The lowest BCUT2D eigenvalue weighted by molar-refractivity contribution is -0.143. The topological polar surface area (TPSA) is 49.4 Å². The van der Waals surface area contributed by atoms with Crippen LogP contribution in [0.25, 0.3) is 0 Å². The van der Waals surface area contributed by atoms with Gasteiger partial charge in [-0.25, -0.2) is 0 Å². The van der Waals surface area contributed by atoms with Gasteiger partial charge >= 0.3 is 11.8 Å². The third-order valence-corrected chi connectivity index (χ3v) is 4.24. The zero-order valence-electron chi connectivity index (χ0n) is 15.4. The number of hydrogen-bond acceptors (Lipinski definition) is 2. The number of benzene rings is 2. The number of likely N-dealkylation sites (N-methyl/N-ethyl adjacent to an activating group) is 1. The van der Waals surface area contributed by atoms with Gasteiger partial charge in [0, 0.05) is 18.8 Å². The summed E-state index contributed by atoms with van der Waals surface area (Å²) in [4.78, 5) is 26.7. The van der Waals surface area contributed by atoms with Crippen molar-refractivity contribution in [1.29, 1.82) is 0 Å². The highest BCUT2D eigenvalue weighted by molar-refractivity contribution is 6.39. The molecule has 25 heavy (non-hydrogen) atoms. The zero-order valence-corrected chi connectivity index (χ0v) is 15.4. The van der Waals surface area contributed by atoms with Crippen LogP contribution >= 0.6 is 0 Å². The molecule has 0 saturated carbocycles. The molecule has 0 radical (unpaired) electrons. The molecule has 1 N–H and O–H groups in total. The summed E-state index contributed by atoms with van der Waals surface area (Å²) >= 11 is 0. The smallest absolute Gasteiger partial charge is 0.313 e. The molecule has 4 heteroatoms. The largest absolute Gasteiger partial charge is 0.330 e. The van der Waals surface area contributed by atoms with Gasteiger partial charge in [-0.1, -0.05) is 62.4 Å². The summed E-state index contributed by atoms with van der Waals surface area (Å²) in [5.74, 6) is -0.838. The number of carbonyl (C=O) groups excluding carboxylic acids is 2. The third kappa shape index (κ3) is 4.69. The number of para-hydroxylation sites is 1. The van der Waals surface area contributed by atoms with E-state index in [-0.39, 0.29) is 5.92 Å². The van der Waals surface area contributed by atoms with Crippen molar-refractivity contribution in [1.82, 2.24) is 4.90 Å². The van der Waals surface area contributed by atoms with Gasteiger partial charge in [-0.05, 0) is 36.5 Å². The zero-order chi connectivity index (χ0) is 18.4. The number of rotatable bonds is 5. The normalized spacial score (nSPS) is 10.6. The van der Waals surface area contributed by atoms with Crippen LogP contribution in [0.4, 0.5) is 5.69 Å². The Bertz CT molecular complexity index is 739. The Morgan fingerprint density at radius 2 is 1.72 bits per heavy atom. The number of anilines is 1. The highest BCUT2D eigenvalue weighted by Gasteiger charge is 2.22. The van der Waals surface area contributed by atoms with E-state index in [0.29, 0.717) is 13.1 Å². The van der Waals surface area contributed by atoms with E-state index in [1.165, 1.54) is 0 Å². The molecular weight excluding hydrogens is 312 g/mol. The number of nitrogens with zero attached hydrogens (tertiary/aromatic N) is 1. The van der Waals surface area contributed by atoms with Crippen LogP contribution in [0.2, 0.25) is 0 Å². The molecular formula is C21H26N2O2. The van der Waals surface area contributed by atoms with Crippen LogP contribution in [0.3, 0.4) is 0 Å². The number of hydrogen-bond donors (Lipinski definition) is 1. The molecule has 4 nitrogen and oxygen atoms in total. The minimum atomic E-state index is -0.589. The van der Waals surface area contributed by atoms with Crippen LogP contribution in [-0.2, 0) is 16.1 Å². The highest BCUT2D eigenvalue weighted by atomic mass is 16.2. The van der Waals surface area contributed by atoms with E-state index in [4.69, 9.17) is 0 Å².